The molecule has 0 bridgehead atoms. The van der Waals surface area contributed by atoms with Crippen molar-refractivity contribution in [2.24, 2.45) is 0 Å². The second-order valence-electron chi connectivity index (χ2n) is 6.37. The highest BCUT2D eigenvalue weighted by Gasteiger charge is 2.27. The van der Waals surface area contributed by atoms with Crippen LogP contribution in [0, 0.1) is 0 Å². The van der Waals surface area contributed by atoms with Gasteiger partial charge in [0.15, 0.2) is 0 Å². The van der Waals surface area contributed by atoms with E-state index in [2.05, 4.69) is 46.1 Å². The SMILES string of the molecule is CN1CCC(N(CCc2ccccc2)C(=O)c2cc[nH]c2)CC1. The molecule has 4 heteroatoms. The lowest BCUT2D eigenvalue weighted by atomic mass is 10.0. The fraction of sp³-hybridized carbons (Fsp3) is 0.421. The van der Waals surface area contributed by atoms with Crippen LogP contribution in [0.25, 0.3) is 0 Å². The van der Waals surface area contributed by atoms with Gasteiger partial charge in [0.1, 0.15) is 0 Å². The highest BCUT2D eigenvalue weighted by molar-refractivity contribution is 5.94. The Balaban J connectivity index is 1.71. The van der Waals surface area contributed by atoms with Crippen LogP contribution in [0.2, 0.25) is 0 Å². The van der Waals surface area contributed by atoms with E-state index in [-0.39, 0.29) is 5.91 Å². The first kappa shape index (κ1) is 15.8. The summed E-state index contributed by atoms with van der Waals surface area (Å²) in [5.74, 6) is 0.150. The zero-order chi connectivity index (χ0) is 16.1. The summed E-state index contributed by atoms with van der Waals surface area (Å²) in [6.45, 7) is 2.91. The maximum Gasteiger partial charge on any atom is 0.255 e. The van der Waals surface area contributed by atoms with Crippen molar-refractivity contribution < 1.29 is 4.79 Å². The predicted molar refractivity (Wildman–Crippen MR) is 92.5 cm³/mol. The number of carbonyl (C=O) groups excluding carboxylic acids is 1. The summed E-state index contributed by atoms with van der Waals surface area (Å²) >= 11 is 0. The lowest BCUT2D eigenvalue weighted by Gasteiger charge is -2.37. The number of nitrogens with one attached hydrogen (secondary N) is 1. The number of aromatic nitrogens is 1. The fourth-order valence-electron chi connectivity index (χ4n) is 3.27. The summed E-state index contributed by atoms with van der Waals surface area (Å²) < 4.78 is 0. The number of carbonyl (C=O) groups is 1. The molecule has 0 saturated carbocycles. The number of aromatic amines is 1. The lowest BCUT2D eigenvalue weighted by molar-refractivity contribution is 0.0594. The van der Waals surface area contributed by atoms with Gasteiger partial charge in [-0.05, 0) is 51.0 Å². The van der Waals surface area contributed by atoms with Crippen LogP contribution in [0.5, 0.6) is 0 Å². The molecule has 1 aromatic heterocycles. The molecule has 0 spiro atoms. The van der Waals surface area contributed by atoms with Gasteiger partial charge < -0.3 is 14.8 Å². The summed E-state index contributed by atoms with van der Waals surface area (Å²) in [5, 5.41) is 0. The molecular formula is C19H25N3O. The number of amides is 1. The van der Waals surface area contributed by atoms with Gasteiger partial charge in [-0.15, -0.1) is 0 Å². The van der Waals surface area contributed by atoms with Crippen LogP contribution in [0.3, 0.4) is 0 Å². The molecule has 1 fully saturated rings. The van der Waals surface area contributed by atoms with Crippen molar-refractivity contribution in [3.63, 3.8) is 0 Å². The second kappa shape index (κ2) is 7.47. The van der Waals surface area contributed by atoms with Gasteiger partial charge in [-0.3, -0.25) is 4.79 Å². The largest absolute Gasteiger partial charge is 0.367 e. The Labute approximate surface area is 138 Å². The maximum absolute atomic E-state index is 12.9. The first-order valence-electron chi connectivity index (χ1n) is 8.40. The van der Waals surface area contributed by atoms with Crippen LogP contribution in [0.15, 0.2) is 48.8 Å². The molecule has 1 saturated heterocycles. The third-order valence-corrected chi connectivity index (χ3v) is 4.72. The molecule has 1 N–H and O–H groups in total. The van der Waals surface area contributed by atoms with Gasteiger partial charge in [0.2, 0.25) is 0 Å². The summed E-state index contributed by atoms with van der Waals surface area (Å²) in [6, 6.07) is 12.6. The van der Waals surface area contributed by atoms with E-state index in [1.807, 2.05) is 18.3 Å². The highest BCUT2D eigenvalue weighted by Crippen LogP contribution is 2.19. The molecular weight excluding hydrogens is 286 g/mol. The Morgan fingerprint density at radius 1 is 1.22 bits per heavy atom. The van der Waals surface area contributed by atoms with Crippen molar-refractivity contribution in [3.8, 4) is 0 Å². The molecule has 1 amide bonds. The minimum absolute atomic E-state index is 0.150. The number of hydrogen-bond donors (Lipinski definition) is 1. The normalized spacial score (nSPS) is 16.4. The quantitative estimate of drug-likeness (QED) is 0.922. The Morgan fingerprint density at radius 2 is 1.96 bits per heavy atom. The van der Waals surface area contributed by atoms with Gasteiger partial charge in [0, 0.05) is 25.0 Å². The van der Waals surface area contributed by atoms with E-state index in [4.69, 9.17) is 0 Å². The van der Waals surface area contributed by atoms with Gasteiger partial charge in [-0.25, -0.2) is 0 Å². The molecule has 0 atom stereocenters. The van der Waals surface area contributed by atoms with E-state index in [0.29, 0.717) is 6.04 Å². The summed E-state index contributed by atoms with van der Waals surface area (Å²) in [4.78, 5) is 20.3. The number of hydrogen-bond acceptors (Lipinski definition) is 2. The Morgan fingerprint density at radius 3 is 2.61 bits per heavy atom. The number of nitrogens with zero attached hydrogens (tertiary/aromatic N) is 2. The van der Waals surface area contributed by atoms with Crippen molar-refractivity contribution in [2.75, 3.05) is 26.7 Å². The van der Waals surface area contributed by atoms with E-state index in [9.17, 15) is 4.79 Å². The molecule has 0 unspecified atom stereocenters. The molecule has 0 radical (unpaired) electrons. The second-order valence-corrected chi connectivity index (χ2v) is 6.37. The van der Waals surface area contributed by atoms with Crippen molar-refractivity contribution in [1.82, 2.24) is 14.8 Å². The third kappa shape index (κ3) is 4.02. The van der Waals surface area contributed by atoms with Crippen LogP contribution in [-0.4, -0.2) is 53.4 Å². The zero-order valence-electron chi connectivity index (χ0n) is 13.7. The van der Waals surface area contributed by atoms with Gasteiger partial charge >= 0.3 is 0 Å². The molecule has 0 aliphatic carbocycles. The fourth-order valence-corrected chi connectivity index (χ4v) is 3.27. The average molecular weight is 311 g/mol. The third-order valence-electron chi connectivity index (χ3n) is 4.72. The van der Waals surface area contributed by atoms with Crippen LogP contribution >= 0.6 is 0 Å². The molecule has 122 valence electrons. The molecule has 23 heavy (non-hydrogen) atoms. The minimum Gasteiger partial charge on any atom is -0.367 e. The van der Waals surface area contributed by atoms with E-state index in [1.54, 1.807) is 6.20 Å². The lowest BCUT2D eigenvalue weighted by Crippen LogP contribution is -2.47. The summed E-state index contributed by atoms with van der Waals surface area (Å²) in [5.41, 5.74) is 2.05. The van der Waals surface area contributed by atoms with Gasteiger partial charge in [-0.2, -0.15) is 0 Å². The molecule has 2 heterocycles. The van der Waals surface area contributed by atoms with E-state index in [1.165, 1.54) is 5.56 Å². The molecule has 2 aromatic rings. The monoisotopic (exact) mass is 311 g/mol. The maximum atomic E-state index is 12.9. The van der Waals surface area contributed by atoms with Gasteiger partial charge in [0.05, 0.1) is 5.56 Å². The van der Waals surface area contributed by atoms with Gasteiger partial charge in [-0.1, -0.05) is 30.3 Å². The summed E-state index contributed by atoms with van der Waals surface area (Å²) in [6.07, 6.45) is 6.64. The number of H-pyrrole nitrogens is 1. The highest BCUT2D eigenvalue weighted by atomic mass is 16.2. The number of rotatable bonds is 5. The van der Waals surface area contributed by atoms with Crippen LogP contribution in [0.1, 0.15) is 28.8 Å². The van der Waals surface area contributed by atoms with Crippen molar-refractivity contribution >= 4 is 5.91 Å². The van der Waals surface area contributed by atoms with Crippen molar-refractivity contribution in [3.05, 3.63) is 59.9 Å². The smallest absolute Gasteiger partial charge is 0.255 e. The average Bonchev–Trinajstić information content (AvgIpc) is 3.12. The molecule has 1 aromatic carbocycles. The summed E-state index contributed by atoms with van der Waals surface area (Å²) in [7, 11) is 2.15. The molecule has 3 rings (SSSR count). The Hall–Kier alpha value is -2.07. The minimum atomic E-state index is 0.150. The Bertz CT molecular complexity index is 601. The van der Waals surface area contributed by atoms with Crippen LogP contribution in [-0.2, 0) is 6.42 Å². The number of likely N-dealkylation sites (tertiary alicyclic amines) is 1. The van der Waals surface area contributed by atoms with Crippen molar-refractivity contribution in [1.29, 1.82) is 0 Å². The predicted octanol–water partition coefficient (Wildman–Crippen LogP) is 2.79. The first-order chi connectivity index (χ1) is 11.2. The standard InChI is InChI=1S/C19H25N3O/c1-21-12-9-18(10-13-21)22(19(23)17-7-11-20-15-17)14-8-16-5-3-2-4-6-16/h2-7,11,15,18,20H,8-10,12-14H2,1H3. The van der Waals surface area contributed by atoms with Gasteiger partial charge in [0.25, 0.3) is 5.91 Å². The topological polar surface area (TPSA) is 39.3 Å². The number of benzene rings is 1. The molecule has 4 nitrogen and oxygen atoms in total. The molecule has 1 aliphatic rings. The van der Waals surface area contributed by atoms with E-state index >= 15 is 0 Å². The zero-order valence-corrected chi connectivity index (χ0v) is 13.7. The van der Waals surface area contributed by atoms with E-state index in [0.717, 1.165) is 44.5 Å². The Kier molecular flexibility index (Phi) is 5.13. The van der Waals surface area contributed by atoms with Crippen LogP contribution < -0.4 is 0 Å². The van der Waals surface area contributed by atoms with E-state index < -0.39 is 0 Å². The molecule has 1 aliphatic heterocycles. The first-order valence-corrected chi connectivity index (χ1v) is 8.40. The van der Waals surface area contributed by atoms with Crippen molar-refractivity contribution in [2.45, 2.75) is 25.3 Å². The number of piperidine rings is 1. The van der Waals surface area contributed by atoms with Crippen LogP contribution in [0.4, 0.5) is 0 Å².